The Morgan fingerprint density at radius 1 is 0.429 bits per heavy atom. The maximum atomic E-state index is 11.0. The summed E-state index contributed by atoms with van der Waals surface area (Å²) in [5.74, 6) is 0. The molecule has 0 heterocycles. The Hall–Kier alpha value is 1.39. The molecule has 0 bridgehead atoms. The van der Waals surface area contributed by atoms with Crippen molar-refractivity contribution in [2.75, 3.05) is 0 Å². The molecule has 0 aliphatic rings. The van der Waals surface area contributed by atoms with Crippen LogP contribution in [-0.2, 0) is 20.2 Å². The third kappa shape index (κ3) is 28.2. The van der Waals surface area contributed by atoms with Crippen LogP contribution in [0.25, 0.3) is 0 Å². The summed E-state index contributed by atoms with van der Waals surface area (Å²) in [5.41, 5.74) is 0. The van der Waals surface area contributed by atoms with Crippen LogP contribution in [0, 0.1) is 0 Å². The Labute approximate surface area is 259 Å². The average Bonchev–Trinajstić information content (AvgIpc) is 2.75. The van der Waals surface area contributed by atoms with Crippen molar-refractivity contribution in [1.29, 1.82) is 0 Å². The van der Waals surface area contributed by atoms with Gasteiger partial charge in [-0.3, -0.25) is 0 Å². The minimum atomic E-state index is -4.08. The van der Waals surface area contributed by atoms with Gasteiger partial charge in [-0.15, -0.1) is 0 Å². The van der Waals surface area contributed by atoms with Gasteiger partial charge in [-0.1, -0.05) is 130 Å². The third-order valence-corrected chi connectivity index (χ3v) is 8.91. The Balaban J connectivity index is -0.000000569. The number of unbranched alkanes of at least 4 members (excludes halogenated alkanes) is 12. The molecule has 2 unspecified atom stereocenters. The predicted molar refractivity (Wildman–Crippen MR) is 148 cm³/mol. The zero-order valence-corrected chi connectivity index (χ0v) is 29.3. The van der Waals surface area contributed by atoms with Gasteiger partial charge in [0.15, 0.2) is 0 Å². The van der Waals surface area contributed by atoms with E-state index in [2.05, 4.69) is 13.8 Å². The quantitative estimate of drug-likeness (QED) is 0.0682. The van der Waals surface area contributed by atoms with Crippen LogP contribution in [0.4, 0.5) is 0 Å². The van der Waals surface area contributed by atoms with E-state index in [-0.39, 0.29) is 48.9 Å². The molecule has 0 rings (SSSR count). The SMILES string of the molecule is CCCCCCCCC(CCCC)S(=O)(=O)[O-].CCCCCCCCC(CCCC)S(=O)(=O)[O-].[Ba+2]. The molecule has 208 valence electrons. The Bertz CT molecular complexity index is 582. The molecular formula is C26H54BaO6S2. The first-order chi connectivity index (χ1) is 16.0. The van der Waals surface area contributed by atoms with Gasteiger partial charge in [0.1, 0.15) is 0 Å². The summed E-state index contributed by atoms with van der Waals surface area (Å²) in [6, 6.07) is 0. The van der Waals surface area contributed by atoms with E-state index < -0.39 is 30.7 Å². The van der Waals surface area contributed by atoms with Crippen molar-refractivity contribution in [3.05, 3.63) is 0 Å². The summed E-state index contributed by atoms with van der Waals surface area (Å²) in [4.78, 5) is 0. The van der Waals surface area contributed by atoms with E-state index in [0.29, 0.717) is 25.7 Å². The second-order valence-corrected chi connectivity index (χ2v) is 12.9. The molecule has 0 saturated carbocycles. The van der Waals surface area contributed by atoms with Gasteiger partial charge in [-0.2, -0.15) is 0 Å². The second-order valence-electron chi connectivity index (χ2n) is 9.63. The molecule has 9 heteroatoms. The second kappa shape index (κ2) is 27.0. The summed E-state index contributed by atoms with van der Waals surface area (Å²) in [5, 5.41) is -1.29. The molecule has 0 aromatic rings. The predicted octanol–water partition coefficient (Wildman–Crippen LogP) is 7.30. The van der Waals surface area contributed by atoms with Crippen molar-refractivity contribution >= 4 is 69.1 Å². The summed E-state index contributed by atoms with van der Waals surface area (Å²) >= 11 is 0. The van der Waals surface area contributed by atoms with Gasteiger partial charge in [0, 0.05) is 10.5 Å². The van der Waals surface area contributed by atoms with Gasteiger partial charge < -0.3 is 9.11 Å². The minimum absolute atomic E-state index is 0. The van der Waals surface area contributed by atoms with Crippen LogP contribution in [0.5, 0.6) is 0 Å². The van der Waals surface area contributed by atoms with Crippen molar-refractivity contribution in [2.45, 2.75) is 167 Å². The van der Waals surface area contributed by atoms with Crippen molar-refractivity contribution in [2.24, 2.45) is 0 Å². The van der Waals surface area contributed by atoms with Crippen LogP contribution >= 0.6 is 0 Å². The van der Waals surface area contributed by atoms with Crippen LogP contribution in [0.15, 0.2) is 0 Å². The summed E-state index contributed by atoms with van der Waals surface area (Å²) in [7, 11) is -8.17. The Morgan fingerprint density at radius 3 is 0.914 bits per heavy atom. The van der Waals surface area contributed by atoms with Crippen molar-refractivity contribution < 1.29 is 25.9 Å². The Kier molecular flexibility index (Phi) is 31.5. The maximum absolute atomic E-state index is 11.0. The molecule has 0 aromatic heterocycles. The molecule has 0 aliphatic carbocycles. The first-order valence-corrected chi connectivity index (χ1v) is 16.9. The summed E-state index contributed by atoms with van der Waals surface area (Å²) < 4.78 is 66.3. The van der Waals surface area contributed by atoms with Crippen LogP contribution in [0.1, 0.15) is 156 Å². The van der Waals surface area contributed by atoms with Gasteiger partial charge in [-0.05, 0) is 25.7 Å². The molecular weight excluding hydrogens is 610 g/mol. The zero-order chi connectivity index (χ0) is 26.3. The van der Waals surface area contributed by atoms with Crippen LogP contribution in [0.2, 0.25) is 0 Å². The molecule has 0 aromatic carbocycles. The van der Waals surface area contributed by atoms with Crippen molar-refractivity contribution in [1.82, 2.24) is 0 Å². The maximum Gasteiger partial charge on any atom is 2.00 e. The van der Waals surface area contributed by atoms with Crippen LogP contribution in [0.3, 0.4) is 0 Å². The fourth-order valence-electron chi connectivity index (χ4n) is 4.03. The van der Waals surface area contributed by atoms with E-state index in [0.717, 1.165) is 64.2 Å². The van der Waals surface area contributed by atoms with Gasteiger partial charge in [0.25, 0.3) is 0 Å². The van der Waals surface area contributed by atoms with E-state index >= 15 is 0 Å². The van der Waals surface area contributed by atoms with Gasteiger partial charge in [0.2, 0.25) is 0 Å². The van der Waals surface area contributed by atoms with Crippen LogP contribution < -0.4 is 0 Å². The molecule has 0 radical (unpaired) electrons. The fraction of sp³-hybridized carbons (Fsp3) is 1.00. The molecule has 6 nitrogen and oxygen atoms in total. The minimum Gasteiger partial charge on any atom is -0.748 e. The Morgan fingerprint density at radius 2 is 0.657 bits per heavy atom. The molecule has 0 spiro atoms. The number of rotatable bonds is 22. The normalized spacial score (nSPS) is 13.4. The van der Waals surface area contributed by atoms with Crippen molar-refractivity contribution in [3.63, 3.8) is 0 Å². The molecule has 0 fully saturated rings. The fourth-order valence-corrected chi connectivity index (χ4v) is 5.86. The van der Waals surface area contributed by atoms with Crippen molar-refractivity contribution in [3.8, 4) is 0 Å². The standard InChI is InChI=1S/2C13H28O3S.Ba/c2*1-3-5-7-8-9-10-12-13(11-6-4-2)17(14,15)16;/h2*13H,3-12H2,1-2H3,(H,14,15,16);/q;;+2/p-2. The van der Waals surface area contributed by atoms with E-state index in [1.165, 1.54) is 38.5 Å². The number of hydrogen-bond donors (Lipinski definition) is 0. The third-order valence-electron chi connectivity index (χ3n) is 6.34. The monoisotopic (exact) mass is 664 g/mol. The summed E-state index contributed by atoms with van der Waals surface area (Å²) in [6.45, 7) is 8.37. The van der Waals surface area contributed by atoms with E-state index in [4.69, 9.17) is 0 Å². The topological polar surface area (TPSA) is 114 Å². The molecule has 0 amide bonds. The summed E-state index contributed by atoms with van der Waals surface area (Å²) in [6.07, 6.45) is 19.3. The van der Waals surface area contributed by atoms with Crippen LogP contribution in [-0.4, -0.2) is 85.3 Å². The van der Waals surface area contributed by atoms with E-state index in [1.54, 1.807) is 0 Å². The molecule has 35 heavy (non-hydrogen) atoms. The van der Waals surface area contributed by atoms with Gasteiger partial charge in [-0.25, -0.2) is 16.8 Å². The molecule has 0 saturated heterocycles. The largest absolute Gasteiger partial charge is 2.00 e. The smallest absolute Gasteiger partial charge is 0.748 e. The zero-order valence-electron chi connectivity index (χ0n) is 23.3. The van der Waals surface area contributed by atoms with Gasteiger partial charge in [0.05, 0.1) is 20.2 Å². The average molecular weight is 664 g/mol. The molecule has 2 atom stereocenters. The molecule has 0 N–H and O–H groups in total. The van der Waals surface area contributed by atoms with E-state index in [1.807, 2.05) is 13.8 Å². The first-order valence-electron chi connectivity index (χ1n) is 13.9. The van der Waals surface area contributed by atoms with E-state index in [9.17, 15) is 25.9 Å². The number of hydrogen-bond acceptors (Lipinski definition) is 6. The van der Waals surface area contributed by atoms with Gasteiger partial charge >= 0.3 is 48.9 Å². The first kappa shape index (κ1) is 40.9. The molecule has 0 aliphatic heterocycles.